The molecule has 0 atom stereocenters. The summed E-state index contributed by atoms with van der Waals surface area (Å²) in [6.07, 6.45) is 2.40. The molecule has 1 heterocycles. The minimum Gasteiger partial charge on any atom is -0.357 e. The number of hydrogen-bond donors (Lipinski definition) is 0. The zero-order valence-corrected chi connectivity index (χ0v) is 11.0. The van der Waals surface area contributed by atoms with Crippen LogP contribution in [0, 0.1) is 6.92 Å². The summed E-state index contributed by atoms with van der Waals surface area (Å²) in [6, 6.07) is 0.414. The first-order chi connectivity index (χ1) is 7.50. The number of hydrogen-bond acceptors (Lipinski definition) is 3. The highest BCUT2D eigenvalue weighted by Gasteiger charge is 2.28. The first kappa shape index (κ1) is 11.6. The molecule has 0 bridgehead atoms. The highest BCUT2D eigenvalue weighted by Crippen LogP contribution is 2.39. The molecule has 0 unspecified atom stereocenters. The van der Waals surface area contributed by atoms with Gasteiger partial charge in [-0.15, -0.1) is 0 Å². The van der Waals surface area contributed by atoms with Crippen LogP contribution in [0.1, 0.15) is 44.0 Å². The van der Waals surface area contributed by atoms with Crippen molar-refractivity contribution >= 4 is 17.4 Å². The Labute approximate surface area is 102 Å². The van der Waals surface area contributed by atoms with E-state index in [2.05, 4.69) is 28.7 Å². The van der Waals surface area contributed by atoms with E-state index < -0.39 is 0 Å². The van der Waals surface area contributed by atoms with Crippen LogP contribution in [0.25, 0.3) is 0 Å². The first-order valence-electron chi connectivity index (χ1n) is 5.77. The molecule has 0 spiro atoms. The summed E-state index contributed by atoms with van der Waals surface area (Å²) in [6.45, 7) is 6.27. The van der Waals surface area contributed by atoms with E-state index in [1.807, 2.05) is 14.0 Å². The predicted octanol–water partition coefficient (Wildman–Crippen LogP) is 3.16. The second-order valence-electron chi connectivity index (χ2n) is 4.80. The van der Waals surface area contributed by atoms with Crippen molar-refractivity contribution in [3.63, 3.8) is 0 Å². The summed E-state index contributed by atoms with van der Waals surface area (Å²) in [4.78, 5) is 11.2. The van der Waals surface area contributed by atoms with Crippen LogP contribution in [0.4, 0.5) is 5.82 Å². The maximum atomic E-state index is 6.16. The van der Waals surface area contributed by atoms with Crippen molar-refractivity contribution in [1.29, 1.82) is 0 Å². The largest absolute Gasteiger partial charge is 0.357 e. The summed E-state index contributed by atoms with van der Waals surface area (Å²) in [7, 11) is 2.05. The fourth-order valence-corrected chi connectivity index (χ4v) is 1.78. The molecule has 0 amide bonds. The second-order valence-corrected chi connectivity index (χ2v) is 5.16. The highest BCUT2D eigenvalue weighted by molar-refractivity contribution is 6.30. The quantitative estimate of drug-likeness (QED) is 0.759. The van der Waals surface area contributed by atoms with E-state index in [1.54, 1.807) is 0 Å². The molecular formula is C12H18ClN3. The van der Waals surface area contributed by atoms with Gasteiger partial charge < -0.3 is 4.90 Å². The van der Waals surface area contributed by atoms with Crippen molar-refractivity contribution in [2.75, 3.05) is 11.9 Å². The van der Waals surface area contributed by atoms with Gasteiger partial charge in [-0.25, -0.2) is 9.97 Å². The molecular weight excluding hydrogens is 222 g/mol. The fraction of sp³-hybridized carbons (Fsp3) is 0.667. The number of rotatable bonds is 3. The van der Waals surface area contributed by atoms with Gasteiger partial charge in [0, 0.05) is 24.6 Å². The van der Waals surface area contributed by atoms with Crippen LogP contribution in [0.5, 0.6) is 0 Å². The Morgan fingerprint density at radius 1 is 1.31 bits per heavy atom. The maximum Gasteiger partial charge on any atom is 0.137 e. The van der Waals surface area contributed by atoms with Gasteiger partial charge in [0.05, 0.1) is 0 Å². The summed E-state index contributed by atoms with van der Waals surface area (Å²) in [5.74, 6) is 2.42. The van der Waals surface area contributed by atoms with Gasteiger partial charge in [0.2, 0.25) is 0 Å². The van der Waals surface area contributed by atoms with Gasteiger partial charge in [0.15, 0.2) is 0 Å². The first-order valence-corrected chi connectivity index (χ1v) is 6.15. The molecule has 1 fully saturated rings. The van der Waals surface area contributed by atoms with Crippen molar-refractivity contribution < 1.29 is 0 Å². The van der Waals surface area contributed by atoms with Crippen molar-refractivity contribution in [2.24, 2.45) is 0 Å². The molecule has 0 saturated heterocycles. The van der Waals surface area contributed by atoms with Crippen LogP contribution in [-0.2, 0) is 0 Å². The Kier molecular flexibility index (Phi) is 3.06. The Bertz CT molecular complexity index is 399. The highest BCUT2D eigenvalue weighted by atomic mass is 35.5. The van der Waals surface area contributed by atoms with Crippen LogP contribution in [0.2, 0.25) is 5.15 Å². The molecule has 16 heavy (non-hydrogen) atoms. The third kappa shape index (κ3) is 2.14. The lowest BCUT2D eigenvalue weighted by atomic mass is 10.2. The van der Waals surface area contributed by atoms with Crippen LogP contribution < -0.4 is 4.90 Å². The minimum absolute atomic E-state index is 0.414. The lowest BCUT2D eigenvalue weighted by Crippen LogP contribution is -2.28. The normalized spacial score (nSPS) is 15.6. The second kappa shape index (κ2) is 4.21. The Morgan fingerprint density at radius 3 is 2.44 bits per heavy atom. The Hall–Kier alpha value is -0.830. The lowest BCUT2D eigenvalue weighted by molar-refractivity contribution is 0.731. The fourth-order valence-electron chi connectivity index (χ4n) is 1.61. The Morgan fingerprint density at radius 2 is 1.94 bits per heavy atom. The molecule has 4 heteroatoms. The van der Waals surface area contributed by atoms with E-state index in [0.717, 1.165) is 17.2 Å². The average Bonchev–Trinajstić information content (AvgIpc) is 3.04. The summed E-state index contributed by atoms with van der Waals surface area (Å²) >= 11 is 6.16. The van der Waals surface area contributed by atoms with Crippen LogP contribution in [-0.4, -0.2) is 23.1 Å². The van der Waals surface area contributed by atoms with E-state index in [0.29, 0.717) is 17.1 Å². The van der Waals surface area contributed by atoms with Gasteiger partial charge >= 0.3 is 0 Å². The molecule has 1 saturated carbocycles. The molecule has 0 radical (unpaired) electrons. The predicted molar refractivity (Wildman–Crippen MR) is 67.3 cm³/mol. The van der Waals surface area contributed by atoms with Crippen LogP contribution in [0.15, 0.2) is 0 Å². The third-order valence-corrected chi connectivity index (χ3v) is 3.50. The molecule has 1 aliphatic carbocycles. The van der Waals surface area contributed by atoms with Crippen molar-refractivity contribution in [3.05, 3.63) is 16.5 Å². The van der Waals surface area contributed by atoms with Gasteiger partial charge in [-0.3, -0.25) is 0 Å². The molecule has 0 N–H and O–H groups in total. The number of aromatic nitrogens is 2. The molecule has 0 aliphatic heterocycles. The average molecular weight is 240 g/mol. The SMILES string of the molecule is Cc1c(Cl)nc(C2CC2)nc1N(C)C(C)C. The summed E-state index contributed by atoms with van der Waals surface area (Å²) in [5.41, 5.74) is 0.974. The van der Waals surface area contributed by atoms with Gasteiger partial charge in [-0.1, -0.05) is 11.6 Å². The molecule has 3 nitrogen and oxygen atoms in total. The molecule has 2 rings (SSSR count). The Balaban J connectivity index is 2.41. The molecule has 1 aliphatic rings. The van der Waals surface area contributed by atoms with Crippen molar-refractivity contribution in [2.45, 2.75) is 45.6 Å². The molecule has 1 aromatic rings. The topological polar surface area (TPSA) is 29.0 Å². The van der Waals surface area contributed by atoms with Crippen molar-refractivity contribution in [3.8, 4) is 0 Å². The number of nitrogens with zero attached hydrogens (tertiary/aromatic N) is 3. The van der Waals surface area contributed by atoms with Crippen LogP contribution >= 0.6 is 11.6 Å². The zero-order chi connectivity index (χ0) is 11.9. The smallest absolute Gasteiger partial charge is 0.137 e. The van der Waals surface area contributed by atoms with Crippen molar-refractivity contribution in [1.82, 2.24) is 9.97 Å². The maximum absolute atomic E-state index is 6.16. The van der Waals surface area contributed by atoms with Gasteiger partial charge in [0.25, 0.3) is 0 Å². The van der Waals surface area contributed by atoms with E-state index >= 15 is 0 Å². The third-order valence-electron chi connectivity index (χ3n) is 3.13. The van der Waals surface area contributed by atoms with Gasteiger partial charge in [-0.2, -0.15) is 0 Å². The molecule has 0 aromatic carbocycles. The zero-order valence-electron chi connectivity index (χ0n) is 10.3. The monoisotopic (exact) mass is 239 g/mol. The minimum atomic E-state index is 0.414. The van der Waals surface area contributed by atoms with Crippen LogP contribution in [0.3, 0.4) is 0 Å². The van der Waals surface area contributed by atoms with E-state index in [9.17, 15) is 0 Å². The number of anilines is 1. The summed E-state index contributed by atoms with van der Waals surface area (Å²) < 4.78 is 0. The molecule has 1 aromatic heterocycles. The summed E-state index contributed by atoms with van der Waals surface area (Å²) in [5, 5.41) is 0.597. The van der Waals surface area contributed by atoms with E-state index in [1.165, 1.54) is 12.8 Å². The molecule has 88 valence electrons. The van der Waals surface area contributed by atoms with E-state index in [-0.39, 0.29) is 0 Å². The lowest BCUT2D eigenvalue weighted by Gasteiger charge is -2.25. The van der Waals surface area contributed by atoms with Gasteiger partial charge in [-0.05, 0) is 33.6 Å². The van der Waals surface area contributed by atoms with Gasteiger partial charge in [0.1, 0.15) is 16.8 Å². The van der Waals surface area contributed by atoms with E-state index in [4.69, 9.17) is 11.6 Å². The number of halogens is 1. The standard InChI is InChI=1S/C12H18ClN3/c1-7(2)16(4)12-8(3)10(13)14-11(15-12)9-5-6-9/h7,9H,5-6H2,1-4H3.